The van der Waals surface area contributed by atoms with Gasteiger partial charge < -0.3 is 19.7 Å². The molecule has 2 rings (SSSR count). The van der Waals surface area contributed by atoms with Crippen molar-refractivity contribution in [1.29, 1.82) is 5.53 Å². The molecule has 0 spiro atoms. The summed E-state index contributed by atoms with van der Waals surface area (Å²) >= 11 is 0. The number of carbonyl (C=O) groups excluding carboxylic acids is 2. The van der Waals surface area contributed by atoms with E-state index in [0.717, 1.165) is 22.3 Å². The van der Waals surface area contributed by atoms with Gasteiger partial charge in [-0.1, -0.05) is 35.9 Å². The van der Waals surface area contributed by atoms with Crippen LogP contribution in [0.4, 0.5) is 4.79 Å². The Kier molecular flexibility index (Phi) is 10.4. The van der Waals surface area contributed by atoms with Crippen LogP contribution in [0.5, 0.6) is 0 Å². The number of hydrogen-bond acceptors (Lipinski definition) is 7. The van der Waals surface area contributed by atoms with Gasteiger partial charge in [0.1, 0.15) is 11.3 Å². The molecular weight excluding hydrogens is 456 g/mol. The monoisotopic (exact) mass is 496 g/mol. The summed E-state index contributed by atoms with van der Waals surface area (Å²) in [6, 6.07) is 6.06. The first-order chi connectivity index (χ1) is 17.0. The van der Waals surface area contributed by atoms with Crippen molar-refractivity contribution in [3.63, 3.8) is 0 Å². The van der Waals surface area contributed by atoms with Crippen LogP contribution in [0.1, 0.15) is 70.6 Å². The minimum atomic E-state index is -0.550. The SMILES string of the molecule is CC=C(N=N)/C(=C\C=C(/C)C(CC(=O)OCC)c1cccc2c1CCN(C(=O)OC(C)(C)C)C2)NC. The van der Waals surface area contributed by atoms with E-state index in [9.17, 15) is 9.59 Å². The van der Waals surface area contributed by atoms with Gasteiger partial charge in [-0.2, -0.15) is 5.11 Å². The van der Waals surface area contributed by atoms with Crippen LogP contribution < -0.4 is 5.32 Å². The van der Waals surface area contributed by atoms with Gasteiger partial charge in [-0.05, 0) is 70.7 Å². The second-order valence-electron chi connectivity index (χ2n) is 9.73. The molecule has 1 aliphatic heterocycles. The van der Waals surface area contributed by atoms with Crippen LogP contribution in [-0.2, 0) is 27.2 Å². The highest BCUT2D eigenvalue weighted by Gasteiger charge is 2.29. The lowest BCUT2D eigenvalue weighted by atomic mass is 9.82. The Hall–Kier alpha value is -3.42. The van der Waals surface area contributed by atoms with Gasteiger partial charge in [-0.3, -0.25) is 4.79 Å². The van der Waals surface area contributed by atoms with E-state index in [0.29, 0.717) is 37.5 Å². The average molecular weight is 497 g/mol. The Balaban J connectivity index is 2.45. The zero-order chi connectivity index (χ0) is 26.9. The third-order valence-corrected chi connectivity index (χ3v) is 6.01. The molecule has 1 aliphatic rings. The molecule has 1 atom stereocenters. The average Bonchev–Trinajstić information content (AvgIpc) is 2.83. The summed E-state index contributed by atoms with van der Waals surface area (Å²) in [6.45, 7) is 12.6. The predicted octanol–water partition coefficient (Wildman–Crippen LogP) is 6.00. The molecule has 196 valence electrons. The van der Waals surface area contributed by atoms with Crippen molar-refractivity contribution in [2.75, 3.05) is 20.2 Å². The maximum Gasteiger partial charge on any atom is 0.410 e. The normalized spacial score (nSPS) is 15.6. The molecule has 0 bridgehead atoms. The maximum absolute atomic E-state index is 12.6. The van der Waals surface area contributed by atoms with Gasteiger partial charge in [0, 0.05) is 26.1 Å². The first-order valence-electron chi connectivity index (χ1n) is 12.4. The molecule has 0 saturated carbocycles. The second-order valence-corrected chi connectivity index (χ2v) is 9.73. The Labute approximate surface area is 214 Å². The quantitative estimate of drug-likeness (QED) is 0.248. The second kappa shape index (κ2) is 13.0. The van der Waals surface area contributed by atoms with E-state index in [1.807, 2.05) is 58.9 Å². The highest BCUT2D eigenvalue weighted by molar-refractivity contribution is 5.72. The topological polar surface area (TPSA) is 104 Å². The number of likely N-dealkylation sites (N-methyl/N-ethyl adjacent to an activating group) is 1. The van der Waals surface area contributed by atoms with Crippen LogP contribution in [0, 0.1) is 5.53 Å². The number of benzene rings is 1. The van der Waals surface area contributed by atoms with Crippen molar-refractivity contribution < 1.29 is 19.1 Å². The smallest absolute Gasteiger partial charge is 0.410 e. The van der Waals surface area contributed by atoms with Gasteiger partial charge in [0.05, 0.1) is 18.7 Å². The molecule has 1 aromatic rings. The molecule has 8 heteroatoms. The van der Waals surface area contributed by atoms with E-state index in [-0.39, 0.29) is 24.4 Å². The number of fused-ring (bicyclic) bond motifs is 1. The minimum absolute atomic E-state index is 0.191. The first kappa shape index (κ1) is 28.8. The molecule has 0 aromatic heterocycles. The lowest BCUT2D eigenvalue weighted by Gasteiger charge is -2.33. The summed E-state index contributed by atoms with van der Waals surface area (Å²) in [5.41, 5.74) is 12.4. The van der Waals surface area contributed by atoms with Gasteiger partial charge in [0.25, 0.3) is 0 Å². The Morgan fingerprint density at radius 3 is 2.58 bits per heavy atom. The highest BCUT2D eigenvalue weighted by Crippen LogP contribution is 2.35. The summed E-state index contributed by atoms with van der Waals surface area (Å²) in [7, 11) is 1.78. The lowest BCUT2D eigenvalue weighted by Crippen LogP contribution is -2.40. The predicted molar refractivity (Wildman–Crippen MR) is 141 cm³/mol. The van der Waals surface area contributed by atoms with Crippen LogP contribution in [0.3, 0.4) is 0 Å². The van der Waals surface area contributed by atoms with Gasteiger partial charge in [0.15, 0.2) is 0 Å². The van der Waals surface area contributed by atoms with E-state index in [2.05, 4.69) is 16.5 Å². The molecular formula is C28H40N4O4. The molecule has 0 saturated heterocycles. The summed E-state index contributed by atoms with van der Waals surface area (Å²) in [5, 5.41) is 6.64. The number of amides is 1. The largest absolute Gasteiger partial charge is 0.466 e. The van der Waals surface area contributed by atoms with Crippen molar-refractivity contribution in [3.8, 4) is 0 Å². The summed E-state index contributed by atoms with van der Waals surface area (Å²) in [6.07, 6.45) is 6.17. The third-order valence-electron chi connectivity index (χ3n) is 6.01. The standard InChI is InChI=1S/C28H40N4O4/c1-8-24(31-29)25(30-7)14-13-19(3)23(17-26(33)35-9-2)22-12-10-11-20-18-32(16-15-21(20)22)27(34)36-28(4,5)6/h8,10-14,23,29-30H,9,15-18H2,1-7H3/b19-13+,24-8?,25-14+,31-29?. The number of rotatable bonds is 9. The zero-order valence-electron chi connectivity index (χ0n) is 22.6. The molecule has 2 N–H and O–H groups in total. The number of esters is 1. The molecule has 1 unspecified atom stereocenters. The van der Waals surface area contributed by atoms with Crippen LogP contribution in [0.2, 0.25) is 0 Å². The summed E-state index contributed by atoms with van der Waals surface area (Å²) < 4.78 is 10.9. The highest BCUT2D eigenvalue weighted by atomic mass is 16.6. The Morgan fingerprint density at radius 2 is 2.00 bits per heavy atom. The van der Waals surface area contributed by atoms with E-state index in [1.54, 1.807) is 24.9 Å². The zero-order valence-corrected chi connectivity index (χ0v) is 22.6. The molecule has 0 aliphatic carbocycles. The fraction of sp³-hybridized carbons (Fsp3) is 0.500. The summed E-state index contributed by atoms with van der Waals surface area (Å²) in [4.78, 5) is 26.9. The number of ether oxygens (including phenoxy) is 2. The molecule has 1 aromatic carbocycles. The molecule has 0 fully saturated rings. The van der Waals surface area contributed by atoms with E-state index in [4.69, 9.17) is 15.0 Å². The number of allylic oxidation sites excluding steroid dienone is 4. The minimum Gasteiger partial charge on any atom is -0.466 e. The maximum atomic E-state index is 12.6. The van der Waals surface area contributed by atoms with Gasteiger partial charge in [-0.15, -0.1) is 0 Å². The number of nitrogens with one attached hydrogen (secondary N) is 2. The Morgan fingerprint density at radius 1 is 1.28 bits per heavy atom. The van der Waals surface area contributed by atoms with E-state index in [1.165, 1.54) is 0 Å². The van der Waals surface area contributed by atoms with E-state index < -0.39 is 5.60 Å². The van der Waals surface area contributed by atoms with E-state index >= 15 is 0 Å². The van der Waals surface area contributed by atoms with Crippen molar-refractivity contribution in [1.82, 2.24) is 10.2 Å². The van der Waals surface area contributed by atoms with Gasteiger partial charge >= 0.3 is 12.1 Å². The van der Waals surface area contributed by atoms with Crippen LogP contribution in [0.25, 0.3) is 0 Å². The van der Waals surface area contributed by atoms with Crippen molar-refractivity contribution >= 4 is 12.1 Å². The molecule has 8 nitrogen and oxygen atoms in total. The molecule has 0 radical (unpaired) electrons. The van der Waals surface area contributed by atoms with Gasteiger partial charge in [0.2, 0.25) is 0 Å². The number of nitrogens with zero attached hydrogens (tertiary/aromatic N) is 2. The number of hydrogen-bond donors (Lipinski definition) is 2. The lowest BCUT2D eigenvalue weighted by molar-refractivity contribution is -0.143. The van der Waals surface area contributed by atoms with Crippen LogP contribution >= 0.6 is 0 Å². The first-order valence-corrected chi connectivity index (χ1v) is 12.4. The number of carbonyl (C=O) groups is 2. The fourth-order valence-corrected chi connectivity index (χ4v) is 4.26. The molecule has 1 amide bonds. The molecule has 1 heterocycles. The van der Waals surface area contributed by atoms with Crippen LogP contribution in [0.15, 0.2) is 58.5 Å². The van der Waals surface area contributed by atoms with Gasteiger partial charge in [-0.25, -0.2) is 10.3 Å². The fourth-order valence-electron chi connectivity index (χ4n) is 4.26. The van der Waals surface area contributed by atoms with Crippen molar-refractivity contribution in [3.05, 3.63) is 70.1 Å². The Bertz CT molecular complexity index is 1050. The van der Waals surface area contributed by atoms with Crippen LogP contribution in [-0.4, -0.2) is 42.8 Å². The molecule has 36 heavy (non-hydrogen) atoms. The van der Waals surface area contributed by atoms with Crippen molar-refractivity contribution in [2.45, 2.75) is 72.4 Å². The van der Waals surface area contributed by atoms with Crippen molar-refractivity contribution in [2.24, 2.45) is 5.11 Å². The summed E-state index contributed by atoms with van der Waals surface area (Å²) in [5.74, 6) is -0.449. The third kappa shape index (κ3) is 7.80.